The molecule has 0 aliphatic carbocycles. The number of fused-ring (bicyclic) bond motifs is 2. The van der Waals surface area contributed by atoms with Gasteiger partial charge in [-0.2, -0.15) is 0 Å². The van der Waals surface area contributed by atoms with Crippen molar-refractivity contribution in [2.75, 3.05) is 32.7 Å². The number of hydrogen-bond acceptors (Lipinski definition) is 2. The van der Waals surface area contributed by atoms with Crippen molar-refractivity contribution in [2.45, 2.75) is 40.5 Å². The summed E-state index contributed by atoms with van der Waals surface area (Å²) in [6.45, 7) is 15.9. The molecule has 2 heteroatoms. The number of nitrogens with one attached hydrogen (secondary N) is 1. The quantitative estimate of drug-likeness (QED) is 0.791. The standard InChI is InChI=1S/C14H28N2/c1-12(2)5-6-16-10-13(3)7-14(4,11-16)9-15-8-13/h12,15H,5-11H2,1-4H3/t13-,14-/m0/s1. The summed E-state index contributed by atoms with van der Waals surface area (Å²) in [6, 6.07) is 0. The third-order valence-electron chi connectivity index (χ3n) is 4.19. The average molecular weight is 224 g/mol. The molecule has 0 aromatic carbocycles. The van der Waals surface area contributed by atoms with E-state index >= 15 is 0 Å². The van der Waals surface area contributed by atoms with Gasteiger partial charge in [0.05, 0.1) is 0 Å². The monoisotopic (exact) mass is 224 g/mol. The smallest absolute Gasteiger partial charge is 0.00479 e. The first-order chi connectivity index (χ1) is 7.41. The Bertz CT molecular complexity index is 233. The minimum absolute atomic E-state index is 0.516. The Morgan fingerprint density at radius 3 is 2.19 bits per heavy atom. The first-order valence-electron chi connectivity index (χ1n) is 6.84. The second-order valence-corrected chi connectivity index (χ2v) is 7.29. The van der Waals surface area contributed by atoms with Gasteiger partial charge in [-0.05, 0) is 36.1 Å². The highest BCUT2D eigenvalue weighted by molar-refractivity contribution is 4.99. The van der Waals surface area contributed by atoms with Crippen LogP contribution in [0.15, 0.2) is 0 Å². The van der Waals surface area contributed by atoms with Gasteiger partial charge in [0.25, 0.3) is 0 Å². The van der Waals surface area contributed by atoms with Gasteiger partial charge < -0.3 is 10.2 Å². The molecular formula is C14H28N2. The van der Waals surface area contributed by atoms with Gasteiger partial charge in [0, 0.05) is 26.2 Å². The van der Waals surface area contributed by atoms with Crippen molar-refractivity contribution in [1.82, 2.24) is 10.2 Å². The Balaban J connectivity index is 1.97. The summed E-state index contributed by atoms with van der Waals surface area (Å²) in [5.74, 6) is 0.834. The minimum atomic E-state index is 0.516. The van der Waals surface area contributed by atoms with Crippen LogP contribution in [-0.4, -0.2) is 37.6 Å². The fourth-order valence-corrected chi connectivity index (χ4v) is 3.78. The van der Waals surface area contributed by atoms with Crippen molar-refractivity contribution in [3.63, 3.8) is 0 Å². The van der Waals surface area contributed by atoms with E-state index in [0.29, 0.717) is 10.8 Å². The maximum Gasteiger partial charge on any atom is 0.00479 e. The van der Waals surface area contributed by atoms with Gasteiger partial charge in [-0.25, -0.2) is 0 Å². The first kappa shape index (κ1) is 12.4. The lowest BCUT2D eigenvalue weighted by Crippen LogP contribution is -2.61. The second-order valence-electron chi connectivity index (χ2n) is 7.29. The predicted octanol–water partition coefficient (Wildman–Crippen LogP) is 2.35. The van der Waals surface area contributed by atoms with E-state index in [1.807, 2.05) is 0 Å². The minimum Gasteiger partial charge on any atom is -0.316 e. The maximum absolute atomic E-state index is 3.63. The molecular weight excluding hydrogens is 196 g/mol. The Labute approximate surface area is 101 Å². The molecule has 2 aliphatic heterocycles. The molecule has 0 saturated carbocycles. The zero-order valence-electron chi connectivity index (χ0n) is 11.5. The molecule has 0 amide bonds. The van der Waals surface area contributed by atoms with Crippen molar-refractivity contribution >= 4 is 0 Å². The van der Waals surface area contributed by atoms with Gasteiger partial charge >= 0.3 is 0 Å². The third-order valence-corrected chi connectivity index (χ3v) is 4.19. The first-order valence-corrected chi connectivity index (χ1v) is 6.84. The molecule has 1 N–H and O–H groups in total. The van der Waals surface area contributed by atoms with Crippen LogP contribution in [0.2, 0.25) is 0 Å². The lowest BCUT2D eigenvalue weighted by atomic mass is 9.66. The molecule has 0 aromatic rings. The van der Waals surface area contributed by atoms with Gasteiger partial charge in [0.2, 0.25) is 0 Å². The summed E-state index contributed by atoms with van der Waals surface area (Å²) >= 11 is 0. The average Bonchev–Trinajstić information content (AvgIpc) is 2.11. The molecule has 2 saturated heterocycles. The molecule has 2 nitrogen and oxygen atoms in total. The second kappa shape index (κ2) is 4.30. The zero-order chi connectivity index (χ0) is 11.8. The van der Waals surface area contributed by atoms with Gasteiger partial charge in [0.15, 0.2) is 0 Å². The summed E-state index contributed by atoms with van der Waals surface area (Å²) in [5, 5.41) is 3.63. The lowest BCUT2D eigenvalue weighted by molar-refractivity contribution is -0.0213. The van der Waals surface area contributed by atoms with Gasteiger partial charge in [0.1, 0.15) is 0 Å². The summed E-state index contributed by atoms with van der Waals surface area (Å²) in [6.07, 6.45) is 2.75. The van der Waals surface area contributed by atoms with E-state index in [-0.39, 0.29) is 0 Å². The van der Waals surface area contributed by atoms with Gasteiger partial charge in [-0.3, -0.25) is 0 Å². The van der Waals surface area contributed by atoms with Crippen LogP contribution < -0.4 is 5.32 Å². The highest BCUT2D eigenvalue weighted by atomic mass is 15.2. The normalized spacial score (nSPS) is 40.3. The number of nitrogens with zero attached hydrogens (tertiary/aromatic N) is 1. The molecule has 0 radical (unpaired) electrons. The number of piperidine rings is 2. The van der Waals surface area contributed by atoms with E-state index < -0.39 is 0 Å². The SMILES string of the molecule is CC(C)CCN1C[C@]2(C)CNC[C@@](C)(C1)C2. The van der Waals surface area contributed by atoms with Gasteiger partial charge in [-0.15, -0.1) is 0 Å². The van der Waals surface area contributed by atoms with Crippen LogP contribution in [0.3, 0.4) is 0 Å². The van der Waals surface area contributed by atoms with Crippen molar-refractivity contribution in [3.8, 4) is 0 Å². The molecule has 16 heavy (non-hydrogen) atoms. The van der Waals surface area contributed by atoms with Crippen LogP contribution in [0.4, 0.5) is 0 Å². The molecule has 2 heterocycles. The molecule has 2 rings (SSSR count). The van der Waals surface area contributed by atoms with Crippen molar-refractivity contribution < 1.29 is 0 Å². The van der Waals surface area contributed by atoms with E-state index in [4.69, 9.17) is 0 Å². The van der Waals surface area contributed by atoms with Crippen molar-refractivity contribution in [1.29, 1.82) is 0 Å². The van der Waals surface area contributed by atoms with E-state index in [2.05, 4.69) is 37.9 Å². The van der Waals surface area contributed by atoms with E-state index in [1.54, 1.807) is 0 Å². The Kier molecular flexibility index (Phi) is 3.33. The fourth-order valence-electron chi connectivity index (χ4n) is 3.78. The van der Waals surface area contributed by atoms with Crippen LogP contribution >= 0.6 is 0 Å². The molecule has 0 aromatic heterocycles. The Hall–Kier alpha value is -0.0800. The van der Waals surface area contributed by atoms with Crippen LogP contribution in [0.5, 0.6) is 0 Å². The van der Waals surface area contributed by atoms with Crippen molar-refractivity contribution in [2.24, 2.45) is 16.7 Å². The summed E-state index contributed by atoms with van der Waals surface area (Å²) < 4.78 is 0. The molecule has 0 spiro atoms. The highest BCUT2D eigenvalue weighted by Crippen LogP contribution is 2.42. The van der Waals surface area contributed by atoms with Crippen molar-refractivity contribution in [3.05, 3.63) is 0 Å². The molecule has 2 bridgehead atoms. The Morgan fingerprint density at radius 1 is 1.12 bits per heavy atom. The lowest BCUT2D eigenvalue weighted by Gasteiger charge is -2.54. The number of likely N-dealkylation sites (tertiary alicyclic amines) is 1. The Morgan fingerprint density at radius 2 is 1.69 bits per heavy atom. The molecule has 2 fully saturated rings. The molecule has 0 unspecified atom stereocenters. The molecule has 2 aliphatic rings. The van der Waals surface area contributed by atoms with E-state index in [0.717, 1.165) is 5.92 Å². The topological polar surface area (TPSA) is 15.3 Å². The van der Waals surface area contributed by atoms with Crippen LogP contribution in [0.25, 0.3) is 0 Å². The molecule has 94 valence electrons. The van der Waals surface area contributed by atoms with Crippen LogP contribution in [0.1, 0.15) is 40.5 Å². The summed E-state index contributed by atoms with van der Waals surface area (Å²) in [4.78, 5) is 2.71. The summed E-state index contributed by atoms with van der Waals surface area (Å²) in [5.41, 5.74) is 1.03. The largest absolute Gasteiger partial charge is 0.316 e. The van der Waals surface area contributed by atoms with Gasteiger partial charge in [-0.1, -0.05) is 27.7 Å². The summed E-state index contributed by atoms with van der Waals surface area (Å²) in [7, 11) is 0. The number of hydrogen-bond donors (Lipinski definition) is 1. The maximum atomic E-state index is 3.63. The fraction of sp³-hybridized carbons (Fsp3) is 1.00. The third kappa shape index (κ3) is 2.78. The van der Waals surface area contributed by atoms with Crippen LogP contribution in [-0.2, 0) is 0 Å². The highest BCUT2D eigenvalue weighted by Gasteiger charge is 2.45. The van der Waals surface area contributed by atoms with E-state index in [9.17, 15) is 0 Å². The number of rotatable bonds is 3. The predicted molar refractivity (Wildman–Crippen MR) is 69.6 cm³/mol. The molecule has 2 atom stereocenters. The zero-order valence-corrected chi connectivity index (χ0v) is 11.5. The van der Waals surface area contributed by atoms with E-state index in [1.165, 1.54) is 45.6 Å². The van der Waals surface area contributed by atoms with Crippen LogP contribution in [0, 0.1) is 16.7 Å².